The van der Waals surface area contributed by atoms with Crippen molar-refractivity contribution in [2.24, 2.45) is 5.73 Å². The van der Waals surface area contributed by atoms with Gasteiger partial charge in [-0.3, -0.25) is 0 Å². The minimum absolute atomic E-state index is 0. The molecule has 7 nitrogen and oxygen atoms in total. The molecule has 1 aromatic carbocycles. The first-order valence-corrected chi connectivity index (χ1v) is 9.30. The number of sulfonamides is 1. The molecule has 0 bridgehead atoms. The highest BCUT2D eigenvalue weighted by molar-refractivity contribution is 7.89. The lowest BCUT2D eigenvalue weighted by Crippen LogP contribution is -2.51. The molecular weight excluding hydrogens is 368 g/mol. The molecular formula is C16H27ClN2O5S. The van der Waals surface area contributed by atoms with Gasteiger partial charge in [0.2, 0.25) is 10.0 Å². The van der Waals surface area contributed by atoms with Gasteiger partial charge in [0.25, 0.3) is 0 Å². The van der Waals surface area contributed by atoms with Gasteiger partial charge in [0.05, 0.1) is 25.2 Å². The molecule has 1 heterocycles. The third kappa shape index (κ3) is 4.38. The fraction of sp³-hybridized carbons (Fsp3) is 0.625. The summed E-state index contributed by atoms with van der Waals surface area (Å²) in [6, 6.07) is 2.91. The minimum Gasteiger partial charge on any atom is -0.493 e. The summed E-state index contributed by atoms with van der Waals surface area (Å²) < 4.78 is 43.7. The maximum atomic E-state index is 13.2. The van der Waals surface area contributed by atoms with Gasteiger partial charge in [0, 0.05) is 32.3 Å². The Labute approximate surface area is 155 Å². The standard InChI is InChI=1S/C16H26N2O5S.ClH/c1-11-7-14(22-3)15(23-4)9-16(11)24(19,20)18-6-5-13(21-2)8-12(18)10-17;/h7,9,12-13H,5-6,8,10,17H2,1-4H3;1H. The normalized spacial score (nSPS) is 21.5. The summed E-state index contributed by atoms with van der Waals surface area (Å²) in [5.74, 6) is 0.889. The molecule has 0 radical (unpaired) electrons. The molecule has 1 aliphatic rings. The number of nitrogens with zero attached hydrogens (tertiary/aromatic N) is 1. The van der Waals surface area contributed by atoms with Crippen LogP contribution >= 0.6 is 12.4 Å². The number of halogens is 1. The molecule has 1 aromatic rings. The van der Waals surface area contributed by atoms with E-state index in [9.17, 15) is 8.42 Å². The van der Waals surface area contributed by atoms with E-state index < -0.39 is 10.0 Å². The molecule has 0 aromatic heterocycles. The summed E-state index contributed by atoms with van der Waals surface area (Å²) in [4.78, 5) is 0.217. The van der Waals surface area contributed by atoms with Gasteiger partial charge in [-0.25, -0.2) is 8.42 Å². The molecule has 2 N–H and O–H groups in total. The van der Waals surface area contributed by atoms with Crippen LogP contribution in [0.4, 0.5) is 0 Å². The van der Waals surface area contributed by atoms with Gasteiger partial charge in [-0.1, -0.05) is 0 Å². The van der Waals surface area contributed by atoms with Gasteiger partial charge in [0.15, 0.2) is 11.5 Å². The van der Waals surface area contributed by atoms with Gasteiger partial charge < -0.3 is 19.9 Å². The van der Waals surface area contributed by atoms with Crippen LogP contribution in [-0.2, 0) is 14.8 Å². The molecule has 0 saturated carbocycles. The SMILES string of the molecule is COc1cc(C)c(S(=O)(=O)N2CCC(OC)CC2CN)cc1OC.Cl. The zero-order valence-corrected chi connectivity index (χ0v) is 16.7. The first kappa shape index (κ1) is 22.0. The van der Waals surface area contributed by atoms with Crippen LogP contribution in [0.15, 0.2) is 17.0 Å². The van der Waals surface area contributed by atoms with Crippen molar-refractivity contribution < 1.29 is 22.6 Å². The molecule has 1 saturated heterocycles. The Hall–Kier alpha value is -1.06. The van der Waals surface area contributed by atoms with E-state index in [0.29, 0.717) is 36.4 Å². The van der Waals surface area contributed by atoms with Gasteiger partial charge in [0.1, 0.15) is 0 Å². The van der Waals surface area contributed by atoms with Crippen molar-refractivity contribution in [2.75, 3.05) is 34.4 Å². The van der Waals surface area contributed by atoms with Gasteiger partial charge in [-0.15, -0.1) is 12.4 Å². The van der Waals surface area contributed by atoms with E-state index in [1.165, 1.54) is 24.6 Å². The van der Waals surface area contributed by atoms with E-state index in [2.05, 4.69) is 0 Å². The summed E-state index contributed by atoms with van der Waals surface area (Å²) in [6.07, 6.45) is 1.29. The van der Waals surface area contributed by atoms with E-state index >= 15 is 0 Å². The highest BCUT2D eigenvalue weighted by Gasteiger charge is 2.37. The molecule has 0 amide bonds. The van der Waals surface area contributed by atoms with Crippen molar-refractivity contribution in [2.45, 2.75) is 36.8 Å². The van der Waals surface area contributed by atoms with E-state index in [1.54, 1.807) is 20.1 Å². The summed E-state index contributed by atoms with van der Waals surface area (Å²) in [5.41, 5.74) is 6.43. The third-order valence-electron chi connectivity index (χ3n) is 4.49. The van der Waals surface area contributed by atoms with E-state index in [1.807, 2.05) is 0 Å². The summed E-state index contributed by atoms with van der Waals surface area (Å²) >= 11 is 0. The van der Waals surface area contributed by atoms with Crippen molar-refractivity contribution in [3.05, 3.63) is 17.7 Å². The molecule has 25 heavy (non-hydrogen) atoms. The van der Waals surface area contributed by atoms with Gasteiger partial charge in [-0.2, -0.15) is 4.31 Å². The quantitative estimate of drug-likeness (QED) is 0.787. The average molecular weight is 395 g/mol. The van der Waals surface area contributed by atoms with Crippen LogP contribution in [0.5, 0.6) is 11.5 Å². The highest BCUT2D eigenvalue weighted by Crippen LogP contribution is 2.35. The van der Waals surface area contributed by atoms with Crippen LogP contribution in [0.1, 0.15) is 18.4 Å². The van der Waals surface area contributed by atoms with Crippen molar-refractivity contribution in [3.63, 3.8) is 0 Å². The van der Waals surface area contributed by atoms with Crippen LogP contribution in [0.3, 0.4) is 0 Å². The van der Waals surface area contributed by atoms with Crippen molar-refractivity contribution >= 4 is 22.4 Å². The second-order valence-electron chi connectivity index (χ2n) is 5.86. The lowest BCUT2D eigenvalue weighted by Gasteiger charge is -2.37. The van der Waals surface area contributed by atoms with Crippen LogP contribution < -0.4 is 15.2 Å². The van der Waals surface area contributed by atoms with Crippen LogP contribution in [0.2, 0.25) is 0 Å². The molecule has 9 heteroatoms. The zero-order chi connectivity index (χ0) is 17.9. The molecule has 2 rings (SSSR count). The van der Waals surface area contributed by atoms with Crippen LogP contribution in [0, 0.1) is 6.92 Å². The predicted molar refractivity (Wildman–Crippen MR) is 98.3 cm³/mol. The number of methoxy groups -OCH3 is 3. The van der Waals surface area contributed by atoms with Gasteiger partial charge in [-0.05, 0) is 31.4 Å². The lowest BCUT2D eigenvalue weighted by atomic mass is 10.0. The predicted octanol–water partition coefficient (Wildman–Crippen LogP) is 1.56. The average Bonchev–Trinajstić information content (AvgIpc) is 2.60. The fourth-order valence-corrected chi connectivity index (χ4v) is 4.99. The van der Waals surface area contributed by atoms with Crippen LogP contribution in [-0.4, -0.2) is 59.3 Å². The maximum absolute atomic E-state index is 13.2. The molecule has 1 aliphatic heterocycles. The second kappa shape index (κ2) is 9.05. The first-order chi connectivity index (χ1) is 11.4. The second-order valence-corrected chi connectivity index (χ2v) is 7.72. The Morgan fingerprint density at radius 2 is 1.80 bits per heavy atom. The molecule has 2 unspecified atom stereocenters. The third-order valence-corrected chi connectivity index (χ3v) is 6.58. The van der Waals surface area contributed by atoms with E-state index in [0.717, 1.165) is 0 Å². The maximum Gasteiger partial charge on any atom is 0.243 e. The molecule has 0 spiro atoms. The smallest absolute Gasteiger partial charge is 0.243 e. The Balaban J connectivity index is 0.00000312. The number of rotatable bonds is 6. The minimum atomic E-state index is -3.68. The number of benzene rings is 1. The number of hydrogen-bond donors (Lipinski definition) is 1. The number of aryl methyl sites for hydroxylation is 1. The number of piperidine rings is 1. The largest absolute Gasteiger partial charge is 0.493 e. The lowest BCUT2D eigenvalue weighted by molar-refractivity contribution is 0.0401. The first-order valence-electron chi connectivity index (χ1n) is 7.86. The van der Waals surface area contributed by atoms with Crippen molar-refractivity contribution in [1.29, 1.82) is 0 Å². The Kier molecular flexibility index (Phi) is 7.95. The Morgan fingerprint density at radius 3 is 2.32 bits per heavy atom. The molecule has 144 valence electrons. The molecule has 0 aliphatic carbocycles. The zero-order valence-electron chi connectivity index (χ0n) is 15.0. The molecule has 2 atom stereocenters. The van der Waals surface area contributed by atoms with Gasteiger partial charge >= 0.3 is 0 Å². The number of ether oxygens (including phenoxy) is 3. The number of nitrogens with two attached hydrogens (primary N) is 1. The Bertz CT molecular complexity index is 683. The van der Waals surface area contributed by atoms with Crippen LogP contribution in [0.25, 0.3) is 0 Å². The summed E-state index contributed by atoms with van der Waals surface area (Å²) in [5, 5.41) is 0. The van der Waals surface area contributed by atoms with Crippen molar-refractivity contribution in [1.82, 2.24) is 4.31 Å². The monoisotopic (exact) mass is 394 g/mol. The van der Waals surface area contributed by atoms with Crippen molar-refractivity contribution in [3.8, 4) is 11.5 Å². The number of hydrogen-bond acceptors (Lipinski definition) is 6. The topological polar surface area (TPSA) is 91.1 Å². The highest BCUT2D eigenvalue weighted by atomic mass is 35.5. The fourth-order valence-electron chi connectivity index (χ4n) is 3.10. The Morgan fingerprint density at radius 1 is 1.20 bits per heavy atom. The summed E-state index contributed by atoms with van der Waals surface area (Å²) in [6.45, 7) is 2.39. The molecule has 1 fully saturated rings. The summed E-state index contributed by atoms with van der Waals surface area (Å²) in [7, 11) is 0.961. The van der Waals surface area contributed by atoms with E-state index in [4.69, 9.17) is 19.9 Å². The van der Waals surface area contributed by atoms with E-state index in [-0.39, 0.29) is 36.0 Å².